The third kappa shape index (κ3) is 6.31. The van der Waals surface area contributed by atoms with Gasteiger partial charge in [0.05, 0.1) is 11.3 Å². The minimum Gasteiger partial charge on any atom is -0.478 e. The van der Waals surface area contributed by atoms with Crippen molar-refractivity contribution >= 4 is 55.1 Å². The summed E-state index contributed by atoms with van der Waals surface area (Å²) in [6.07, 6.45) is 0. The van der Waals surface area contributed by atoms with E-state index < -0.39 is 5.97 Å². The summed E-state index contributed by atoms with van der Waals surface area (Å²) in [7, 11) is 0. The van der Waals surface area contributed by atoms with E-state index in [-0.39, 0.29) is 17.4 Å². The smallest absolute Gasteiger partial charge is 0.335 e. The number of aromatic carboxylic acids is 1. The fraction of sp³-hybridized carbons (Fsp3) is 0.364. The lowest BCUT2D eigenvalue weighted by molar-refractivity contribution is 0.0696. The van der Waals surface area contributed by atoms with Gasteiger partial charge in [0.1, 0.15) is 0 Å². The molecular formula is C22H26Br2N2O3. The Morgan fingerprint density at radius 3 is 2.17 bits per heavy atom. The van der Waals surface area contributed by atoms with Crippen LogP contribution < -0.4 is 10.2 Å². The van der Waals surface area contributed by atoms with Gasteiger partial charge in [-0.1, -0.05) is 27.7 Å². The first-order chi connectivity index (χ1) is 13.6. The van der Waals surface area contributed by atoms with Crippen molar-refractivity contribution in [1.82, 2.24) is 0 Å². The fourth-order valence-corrected chi connectivity index (χ4v) is 3.62. The summed E-state index contributed by atoms with van der Waals surface area (Å²) in [6, 6.07) is 10.2. The predicted octanol–water partition coefficient (Wildman–Crippen LogP) is 6.28. The Hall–Kier alpha value is -1.86. The van der Waals surface area contributed by atoms with Crippen molar-refractivity contribution in [1.29, 1.82) is 0 Å². The molecule has 0 aliphatic carbocycles. The molecule has 0 saturated heterocycles. The van der Waals surface area contributed by atoms with Crippen molar-refractivity contribution in [2.24, 2.45) is 11.8 Å². The second-order valence-electron chi connectivity index (χ2n) is 7.75. The van der Waals surface area contributed by atoms with Crippen molar-refractivity contribution < 1.29 is 14.7 Å². The number of nitrogens with zero attached hydrogens (tertiary/aromatic N) is 1. The number of carbonyl (C=O) groups excluding carboxylic acids is 1. The molecule has 0 spiro atoms. The summed E-state index contributed by atoms with van der Waals surface area (Å²) >= 11 is 7.00. The molecule has 2 rings (SSSR count). The minimum atomic E-state index is -1.03. The van der Waals surface area contributed by atoms with Crippen molar-refractivity contribution in [2.45, 2.75) is 27.7 Å². The van der Waals surface area contributed by atoms with E-state index in [4.69, 9.17) is 0 Å². The number of benzene rings is 2. The third-order valence-electron chi connectivity index (χ3n) is 4.19. The van der Waals surface area contributed by atoms with Crippen LogP contribution in [-0.4, -0.2) is 30.1 Å². The lowest BCUT2D eigenvalue weighted by Gasteiger charge is -2.26. The van der Waals surface area contributed by atoms with Crippen molar-refractivity contribution in [3.8, 4) is 0 Å². The van der Waals surface area contributed by atoms with E-state index >= 15 is 0 Å². The van der Waals surface area contributed by atoms with Crippen LogP contribution >= 0.6 is 31.9 Å². The molecule has 0 radical (unpaired) electrons. The number of carbonyl (C=O) groups is 2. The van der Waals surface area contributed by atoms with E-state index in [1.54, 1.807) is 17.0 Å². The first-order valence-corrected chi connectivity index (χ1v) is 11.1. The van der Waals surface area contributed by atoms with Gasteiger partial charge in [0, 0.05) is 33.3 Å². The molecule has 156 valence electrons. The highest BCUT2D eigenvalue weighted by molar-refractivity contribution is 9.11. The SMILES string of the molecule is CC(C)CNc1cc(C(=O)N(CC(C)C)c2cc(C(=O)O)ccc2Br)ccc1Br. The average molecular weight is 526 g/mol. The monoisotopic (exact) mass is 524 g/mol. The average Bonchev–Trinajstić information content (AvgIpc) is 2.65. The van der Waals surface area contributed by atoms with Gasteiger partial charge in [0.2, 0.25) is 0 Å². The minimum absolute atomic E-state index is 0.139. The summed E-state index contributed by atoms with van der Waals surface area (Å²) in [6.45, 7) is 9.53. The van der Waals surface area contributed by atoms with E-state index in [9.17, 15) is 14.7 Å². The first kappa shape index (κ1) is 23.4. The van der Waals surface area contributed by atoms with Crippen molar-refractivity contribution in [3.05, 3.63) is 56.5 Å². The molecule has 5 nitrogen and oxygen atoms in total. The summed E-state index contributed by atoms with van der Waals surface area (Å²) in [5.41, 5.74) is 2.07. The summed E-state index contributed by atoms with van der Waals surface area (Å²) in [5.74, 6) is -0.539. The molecule has 0 bridgehead atoms. The largest absolute Gasteiger partial charge is 0.478 e. The van der Waals surface area contributed by atoms with E-state index in [2.05, 4.69) is 51.0 Å². The van der Waals surface area contributed by atoms with Crippen LogP contribution in [0.1, 0.15) is 48.4 Å². The number of rotatable bonds is 8. The van der Waals surface area contributed by atoms with E-state index in [1.807, 2.05) is 26.0 Å². The van der Waals surface area contributed by atoms with Crippen LogP contribution in [0.4, 0.5) is 11.4 Å². The number of anilines is 2. The van der Waals surface area contributed by atoms with Gasteiger partial charge in [-0.05, 0) is 80.1 Å². The van der Waals surface area contributed by atoms with Crippen LogP contribution in [0, 0.1) is 11.8 Å². The second kappa shape index (κ2) is 10.3. The lowest BCUT2D eigenvalue weighted by Crippen LogP contribution is -2.34. The highest BCUT2D eigenvalue weighted by Crippen LogP contribution is 2.31. The van der Waals surface area contributed by atoms with E-state index in [1.165, 1.54) is 12.1 Å². The molecule has 29 heavy (non-hydrogen) atoms. The van der Waals surface area contributed by atoms with Gasteiger partial charge in [-0.3, -0.25) is 4.79 Å². The highest BCUT2D eigenvalue weighted by atomic mass is 79.9. The zero-order chi connectivity index (χ0) is 21.7. The number of carboxylic acids is 1. The summed E-state index contributed by atoms with van der Waals surface area (Å²) in [5, 5.41) is 12.7. The van der Waals surface area contributed by atoms with Crippen LogP contribution in [0.15, 0.2) is 45.3 Å². The Bertz CT molecular complexity index is 898. The Morgan fingerprint density at radius 2 is 1.59 bits per heavy atom. The van der Waals surface area contributed by atoms with Crippen molar-refractivity contribution in [3.63, 3.8) is 0 Å². The maximum Gasteiger partial charge on any atom is 0.335 e. The normalized spacial score (nSPS) is 11.0. The molecule has 0 atom stereocenters. The van der Waals surface area contributed by atoms with E-state index in [0.29, 0.717) is 28.2 Å². The standard InChI is InChI=1S/C22H26Br2N2O3/c1-13(2)11-25-19-9-15(5-7-17(19)23)21(27)26(12-14(3)4)20-10-16(22(28)29)6-8-18(20)24/h5-10,13-14,25H,11-12H2,1-4H3,(H,28,29). The summed E-state index contributed by atoms with van der Waals surface area (Å²) < 4.78 is 1.56. The van der Waals surface area contributed by atoms with Gasteiger partial charge in [0.25, 0.3) is 5.91 Å². The topological polar surface area (TPSA) is 69.6 Å². The number of amides is 1. The third-order valence-corrected chi connectivity index (χ3v) is 5.55. The van der Waals surface area contributed by atoms with Gasteiger partial charge in [-0.25, -0.2) is 4.79 Å². The zero-order valence-corrected chi connectivity index (χ0v) is 20.2. The number of hydrogen-bond acceptors (Lipinski definition) is 3. The molecule has 2 aromatic rings. The number of nitrogens with one attached hydrogen (secondary N) is 1. The van der Waals surface area contributed by atoms with Gasteiger partial charge in [-0.15, -0.1) is 0 Å². The Morgan fingerprint density at radius 1 is 0.966 bits per heavy atom. The highest BCUT2D eigenvalue weighted by Gasteiger charge is 2.23. The van der Waals surface area contributed by atoms with Gasteiger partial charge >= 0.3 is 5.97 Å². The molecule has 0 aliphatic rings. The zero-order valence-electron chi connectivity index (χ0n) is 17.0. The van der Waals surface area contributed by atoms with Gasteiger partial charge in [-0.2, -0.15) is 0 Å². The molecule has 0 aromatic heterocycles. The quantitative estimate of drug-likeness (QED) is 0.425. The molecule has 2 aromatic carbocycles. The van der Waals surface area contributed by atoms with Gasteiger partial charge in [0.15, 0.2) is 0 Å². The van der Waals surface area contributed by atoms with Crippen LogP contribution in [-0.2, 0) is 0 Å². The fourth-order valence-electron chi connectivity index (χ4n) is 2.77. The molecular weight excluding hydrogens is 500 g/mol. The lowest BCUT2D eigenvalue weighted by atomic mass is 10.1. The molecule has 0 unspecified atom stereocenters. The maximum atomic E-state index is 13.4. The molecule has 7 heteroatoms. The molecule has 1 amide bonds. The van der Waals surface area contributed by atoms with Crippen molar-refractivity contribution in [2.75, 3.05) is 23.3 Å². The predicted molar refractivity (Wildman–Crippen MR) is 125 cm³/mol. The molecule has 0 fully saturated rings. The summed E-state index contributed by atoms with van der Waals surface area (Å²) in [4.78, 5) is 26.5. The number of carboxylic acid groups (broad SMARTS) is 1. The molecule has 0 aliphatic heterocycles. The Balaban J connectivity index is 2.46. The second-order valence-corrected chi connectivity index (χ2v) is 9.46. The van der Waals surface area contributed by atoms with Gasteiger partial charge < -0.3 is 15.3 Å². The van der Waals surface area contributed by atoms with Crippen LogP contribution in [0.5, 0.6) is 0 Å². The maximum absolute atomic E-state index is 13.4. The van der Waals surface area contributed by atoms with Crippen LogP contribution in [0.25, 0.3) is 0 Å². The molecule has 0 heterocycles. The van der Waals surface area contributed by atoms with E-state index in [0.717, 1.165) is 16.7 Å². The first-order valence-electron chi connectivity index (χ1n) is 9.48. The molecule has 0 saturated carbocycles. The number of hydrogen-bond donors (Lipinski definition) is 2. The van der Waals surface area contributed by atoms with Crippen LogP contribution in [0.2, 0.25) is 0 Å². The Kier molecular flexibility index (Phi) is 8.28. The Labute approximate surface area is 188 Å². The number of halogens is 2. The van der Waals surface area contributed by atoms with Crippen LogP contribution in [0.3, 0.4) is 0 Å². The molecule has 2 N–H and O–H groups in total.